The minimum absolute atomic E-state index is 0.203. The number of rotatable bonds is 6. The van der Waals surface area contributed by atoms with E-state index >= 15 is 0 Å². The highest BCUT2D eigenvalue weighted by Gasteiger charge is 2.08. The Morgan fingerprint density at radius 2 is 1.60 bits per heavy atom. The van der Waals surface area contributed by atoms with Crippen molar-refractivity contribution in [2.45, 2.75) is 12.6 Å². The van der Waals surface area contributed by atoms with Crippen molar-refractivity contribution in [1.29, 1.82) is 0 Å². The largest absolute Gasteiger partial charge is 0.497 e. The highest BCUT2D eigenvalue weighted by atomic mass is 16.5. The summed E-state index contributed by atoms with van der Waals surface area (Å²) >= 11 is 0. The van der Waals surface area contributed by atoms with Gasteiger partial charge in [0.05, 0.1) is 7.11 Å². The molecule has 0 aromatic heterocycles. The zero-order valence-corrected chi connectivity index (χ0v) is 11.5. The van der Waals surface area contributed by atoms with Crippen LogP contribution in [0.25, 0.3) is 0 Å². The van der Waals surface area contributed by atoms with Gasteiger partial charge in [-0.3, -0.25) is 0 Å². The Morgan fingerprint density at radius 3 is 2.15 bits per heavy atom. The number of ether oxygens (including phenoxy) is 2. The predicted molar refractivity (Wildman–Crippen MR) is 77.8 cm³/mol. The summed E-state index contributed by atoms with van der Waals surface area (Å²) in [6.07, 6.45) is -0.663. The van der Waals surface area contributed by atoms with Crippen molar-refractivity contribution in [3.8, 4) is 11.5 Å². The van der Waals surface area contributed by atoms with Crippen molar-refractivity contribution in [3.05, 3.63) is 59.7 Å². The lowest BCUT2D eigenvalue weighted by Crippen LogP contribution is -2.10. The van der Waals surface area contributed by atoms with Crippen LogP contribution in [0.4, 0.5) is 0 Å². The highest BCUT2D eigenvalue weighted by molar-refractivity contribution is 5.31. The Bertz CT molecular complexity index is 522. The third-order valence-electron chi connectivity index (χ3n) is 3.07. The summed E-state index contributed by atoms with van der Waals surface area (Å²) < 4.78 is 10.6. The van der Waals surface area contributed by atoms with Gasteiger partial charge in [-0.1, -0.05) is 24.3 Å². The van der Waals surface area contributed by atoms with Gasteiger partial charge in [0, 0.05) is 6.54 Å². The number of aliphatic hydroxyl groups is 1. The molecule has 4 nitrogen and oxygen atoms in total. The first-order valence-electron chi connectivity index (χ1n) is 6.46. The van der Waals surface area contributed by atoms with E-state index in [1.54, 1.807) is 7.11 Å². The Hall–Kier alpha value is -2.04. The van der Waals surface area contributed by atoms with Crippen LogP contribution in [0.2, 0.25) is 0 Å². The molecule has 0 spiro atoms. The molecule has 0 radical (unpaired) electrons. The van der Waals surface area contributed by atoms with E-state index in [1.807, 2.05) is 48.5 Å². The zero-order chi connectivity index (χ0) is 14.4. The van der Waals surface area contributed by atoms with E-state index in [0.717, 1.165) is 16.9 Å². The van der Waals surface area contributed by atoms with E-state index < -0.39 is 6.10 Å². The van der Waals surface area contributed by atoms with Crippen molar-refractivity contribution in [2.75, 3.05) is 13.7 Å². The average molecular weight is 273 g/mol. The van der Waals surface area contributed by atoms with Gasteiger partial charge in [0.2, 0.25) is 0 Å². The fraction of sp³-hybridized carbons (Fsp3) is 0.250. The van der Waals surface area contributed by atoms with Crippen LogP contribution in [0.5, 0.6) is 11.5 Å². The number of methoxy groups -OCH3 is 1. The summed E-state index contributed by atoms with van der Waals surface area (Å²) in [6.45, 7) is 0.701. The van der Waals surface area contributed by atoms with Gasteiger partial charge in [-0.15, -0.1) is 0 Å². The van der Waals surface area contributed by atoms with Gasteiger partial charge in [0.25, 0.3) is 0 Å². The van der Waals surface area contributed by atoms with Crippen molar-refractivity contribution >= 4 is 0 Å². The van der Waals surface area contributed by atoms with Crippen molar-refractivity contribution in [2.24, 2.45) is 5.73 Å². The number of hydrogen-bond acceptors (Lipinski definition) is 4. The summed E-state index contributed by atoms with van der Waals surface area (Å²) in [5, 5.41) is 10.1. The molecule has 0 aliphatic carbocycles. The molecule has 0 saturated heterocycles. The molecule has 0 bridgehead atoms. The molecule has 4 heteroatoms. The van der Waals surface area contributed by atoms with E-state index in [9.17, 15) is 5.11 Å². The van der Waals surface area contributed by atoms with Gasteiger partial charge in [0.1, 0.15) is 24.2 Å². The number of aliphatic hydroxyl groups excluding tert-OH is 1. The maximum atomic E-state index is 10.1. The topological polar surface area (TPSA) is 64.7 Å². The van der Waals surface area contributed by atoms with E-state index in [-0.39, 0.29) is 6.61 Å². The quantitative estimate of drug-likeness (QED) is 0.847. The van der Waals surface area contributed by atoms with Crippen molar-refractivity contribution < 1.29 is 14.6 Å². The van der Waals surface area contributed by atoms with Crippen LogP contribution in [-0.4, -0.2) is 18.8 Å². The summed E-state index contributed by atoms with van der Waals surface area (Å²) in [6, 6.07) is 14.8. The Labute approximate surface area is 118 Å². The lowest BCUT2D eigenvalue weighted by atomic mass is 10.1. The second-order valence-electron chi connectivity index (χ2n) is 4.45. The molecule has 0 aliphatic rings. The van der Waals surface area contributed by atoms with Gasteiger partial charge < -0.3 is 20.3 Å². The van der Waals surface area contributed by atoms with E-state index in [0.29, 0.717) is 12.3 Å². The van der Waals surface area contributed by atoms with Gasteiger partial charge in [-0.25, -0.2) is 0 Å². The van der Waals surface area contributed by atoms with Gasteiger partial charge in [-0.05, 0) is 35.4 Å². The van der Waals surface area contributed by atoms with Crippen LogP contribution in [0, 0.1) is 0 Å². The van der Waals surface area contributed by atoms with E-state index in [4.69, 9.17) is 15.2 Å². The predicted octanol–water partition coefficient (Wildman–Crippen LogP) is 2.27. The first-order valence-corrected chi connectivity index (χ1v) is 6.46. The number of hydrogen-bond donors (Lipinski definition) is 2. The summed E-state index contributed by atoms with van der Waals surface area (Å²) in [7, 11) is 1.62. The zero-order valence-electron chi connectivity index (χ0n) is 11.5. The van der Waals surface area contributed by atoms with Crippen LogP contribution in [0.1, 0.15) is 17.2 Å². The maximum absolute atomic E-state index is 10.1. The minimum Gasteiger partial charge on any atom is -0.497 e. The van der Waals surface area contributed by atoms with Crippen molar-refractivity contribution in [3.63, 3.8) is 0 Å². The first kappa shape index (κ1) is 14.4. The van der Waals surface area contributed by atoms with Crippen LogP contribution in [0.15, 0.2) is 48.5 Å². The van der Waals surface area contributed by atoms with Crippen LogP contribution >= 0.6 is 0 Å². The Kier molecular flexibility index (Phi) is 4.98. The standard InChI is InChI=1S/C16H19NO3/c1-19-14-6-8-15(9-7-14)20-11-16(18)13-4-2-12(10-17)3-5-13/h2-9,16,18H,10-11,17H2,1H3. The molecule has 0 amide bonds. The third-order valence-corrected chi connectivity index (χ3v) is 3.07. The monoisotopic (exact) mass is 273 g/mol. The third kappa shape index (κ3) is 3.73. The molecule has 106 valence electrons. The van der Waals surface area contributed by atoms with Crippen LogP contribution in [0.3, 0.4) is 0 Å². The Morgan fingerprint density at radius 1 is 1.00 bits per heavy atom. The Balaban J connectivity index is 1.91. The summed E-state index contributed by atoms with van der Waals surface area (Å²) in [5.74, 6) is 1.47. The lowest BCUT2D eigenvalue weighted by molar-refractivity contribution is 0.108. The second-order valence-corrected chi connectivity index (χ2v) is 4.45. The molecule has 2 aromatic rings. The average Bonchev–Trinajstić information content (AvgIpc) is 2.53. The smallest absolute Gasteiger partial charge is 0.119 e. The SMILES string of the molecule is COc1ccc(OCC(O)c2ccc(CN)cc2)cc1. The van der Waals surface area contributed by atoms with E-state index in [1.165, 1.54) is 0 Å². The first-order chi connectivity index (χ1) is 9.72. The second kappa shape index (κ2) is 6.93. The molecule has 20 heavy (non-hydrogen) atoms. The van der Waals surface area contributed by atoms with E-state index in [2.05, 4.69) is 0 Å². The fourth-order valence-electron chi connectivity index (χ4n) is 1.82. The van der Waals surface area contributed by atoms with Gasteiger partial charge in [0.15, 0.2) is 0 Å². The highest BCUT2D eigenvalue weighted by Crippen LogP contribution is 2.19. The molecule has 0 heterocycles. The normalized spacial score (nSPS) is 11.9. The molecular weight excluding hydrogens is 254 g/mol. The lowest BCUT2D eigenvalue weighted by Gasteiger charge is -2.13. The molecule has 1 atom stereocenters. The maximum Gasteiger partial charge on any atom is 0.119 e. The molecule has 3 N–H and O–H groups in total. The molecular formula is C16H19NO3. The number of nitrogens with two attached hydrogens (primary N) is 1. The summed E-state index contributed by atoms with van der Waals surface area (Å²) in [5.41, 5.74) is 7.39. The van der Waals surface area contributed by atoms with Gasteiger partial charge in [-0.2, -0.15) is 0 Å². The molecule has 2 aromatic carbocycles. The molecule has 0 aliphatic heterocycles. The molecule has 2 rings (SSSR count). The fourth-order valence-corrected chi connectivity index (χ4v) is 1.82. The summed E-state index contributed by atoms with van der Waals surface area (Å²) in [4.78, 5) is 0. The van der Waals surface area contributed by atoms with Crippen LogP contribution < -0.4 is 15.2 Å². The molecule has 0 fully saturated rings. The molecule has 1 unspecified atom stereocenters. The van der Waals surface area contributed by atoms with Gasteiger partial charge >= 0.3 is 0 Å². The van der Waals surface area contributed by atoms with Crippen molar-refractivity contribution in [1.82, 2.24) is 0 Å². The number of benzene rings is 2. The van der Waals surface area contributed by atoms with Crippen LogP contribution in [-0.2, 0) is 6.54 Å². The minimum atomic E-state index is -0.663. The molecule has 0 saturated carbocycles.